The Balaban J connectivity index is 0.000000531. The van der Waals surface area contributed by atoms with Crippen molar-refractivity contribution in [1.29, 1.82) is 0 Å². The van der Waals surface area contributed by atoms with Crippen LogP contribution in [0.4, 0.5) is 0 Å². The minimum Gasteiger partial charge on any atom is -0.870 e. The van der Waals surface area contributed by atoms with E-state index in [9.17, 15) is 9.90 Å². The van der Waals surface area contributed by atoms with E-state index in [0.29, 0.717) is 11.7 Å². The van der Waals surface area contributed by atoms with E-state index in [1.807, 2.05) is 26.0 Å². The number of ether oxygens (including phenoxy) is 1. The van der Waals surface area contributed by atoms with Crippen LogP contribution in [0.3, 0.4) is 0 Å². The zero-order chi connectivity index (χ0) is 13.6. The van der Waals surface area contributed by atoms with Gasteiger partial charge in [-0.25, -0.2) is 0 Å². The molecule has 0 fully saturated rings. The van der Waals surface area contributed by atoms with Gasteiger partial charge < -0.3 is 15.3 Å². The molecule has 2 N–H and O–H groups in total. The predicted octanol–water partition coefficient (Wildman–Crippen LogP) is -0.209. The van der Waals surface area contributed by atoms with E-state index in [1.165, 1.54) is 5.56 Å². The molecule has 21 heavy (non-hydrogen) atoms. The molecule has 0 aromatic heterocycles. The van der Waals surface area contributed by atoms with Crippen LogP contribution in [0.25, 0.3) is 0 Å². The van der Waals surface area contributed by atoms with Crippen LogP contribution in [0.5, 0.6) is 11.5 Å². The summed E-state index contributed by atoms with van der Waals surface area (Å²) >= 11 is 0. The second-order valence-corrected chi connectivity index (χ2v) is 5.01. The zero-order valence-corrected chi connectivity index (χ0v) is 15.8. The summed E-state index contributed by atoms with van der Waals surface area (Å²) in [6.07, 6.45) is 5.30. The molecule has 1 aromatic carbocycles. The molecule has 0 bridgehead atoms. The Bertz CT molecular complexity index is 568. The number of benzene rings is 1. The maximum atomic E-state index is 11.8. The second-order valence-electron chi connectivity index (χ2n) is 5.01. The second kappa shape index (κ2) is 7.39. The largest absolute Gasteiger partial charge is 1.00 e. The van der Waals surface area contributed by atoms with E-state index in [1.54, 1.807) is 12.1 Å². The normalized spacial score (nSPS) is 26.4. The van der Waals surface area contributed by atoms with Crippen molar-refractivity contribution in [2.45, 2.75) is 38.7 Å². The smallest absolute Gasteiger partial charge is 0.870 e. The summed E-state index contributed by atoms with van der Waals surface area (Å²) in [5.74, 6) is 1.23. The van der Waals surface area contributed by atoms with Crippen LogP contribution in [0.15, 0.2) is 24.3 Å². The first kappa shape index (κ1) is 18.9. The number of rotatable bonds is 0. The molecule has 108 valence electrons. The van der Waals surface area contributed by atoms with Gasteiger partial charge in [-0.05, 0) is 36.5 Å². The van der Waals surface area contributed by atoms with Crippen LogP contribution in [0, 0.1) is 5.92 Å². The SMILES string of the molecule is CC.O=C1C=CC2CCc3ccc(O)c4c3C2C1O4.[K+].[OH-]. The van der Waals surface area contributed by atoms with Gasteiger partial charge >= 0.3 is 51.4 Å². The van der Waals surface area contributed by atoms with E-state index < -0.39 is 6.10 Å². The molecule has 5 heteroatoms. The van der Waals surface area contributed by atoms with E-state index in [4.69, 9.17) is 4.74 Å². The van der Waals surface area contributed by atoms with E-state index in [0.717, 1.165) is 18.4 Å². The monoisotopic (exact) mass is 314 g/mol. The predicted molar refractivity (Wildman–Crippen MR) is 74.5 cm³/mol. The number of carbonyl (C=O) groups is 1. The van der Waals surface area contributed by atoms with Crippen molar-refractivity contribution in [2.24, 2.45) is 5.92 Å². The number of phenolic OH excluding ortho intramolecular Hbond substituents is 1. The van der Waals surface area contributed by atoms with Crippen molar-refractivity contribution in [3.05, 3.63) is 35.4 Å². The van der Waals surface area contributed by atoms with Crippen molar-refractivity contribution in [3.63, 3.8) is 0 Å². The van der Waals surface area contributed by atoms with Gasteiger partial charge in [-0.2, -0.15) is 0 Å². The third-order valence-electron chi connectivity index (χ3n) is 4.17. The molecular formula is C16H19KO4. The van der Waals surface area contributed by atoms with Crippen LogP contribution in [-0.2, 0) is 11.2 Å². The van der Waals surface area contributed by atoms with Crippen molar-refractivity contribution in [1.82, 2.24) is 0 Å². The number of hydrogen-bond acceptors (Lipinski definition) is 4. The molecule has 1 aromatic rings. The van der Waals surface area contributed by atoms with Crippen molar-refractivity contribution < 1.29 is 71.5 Å². The molecule has 2 aliphatic carbocycles. The molecule has 3 unspecified atom stereocenters. The third-order valence-corrected chi connectivity index (χ3v) is 4.17. The summed E-state index contributed by atoms with van der Waals surface area (Å²) in [5, 5.41) is 9.84. The van der Waals surface area contributed by atoms with Gasteiger partial charge in [0.05, 0.1) is 0 Å². The molecule has 4 nitrogen and oxygen atoms in total. The fraction of sp³-hybridized carbons (Fsp3) is 0.438. The maximum Gasteiger partial charge on any atom is 1.00 e. The fourth-order valence-corrected chi connectivity index (χ4v) is 3.39. The molecule has 0 saturated carbocycles. The minimum atomic E-state index is -0.410. The first-order valence-corrected chi connectivity index (χ1v) is 6.99. The molecule has 4 rings (SSSR count). The van der Waals surface area contributed by atoms with E-state index in [-0.39, 0.29) is 74.3 Å². The molecule has 0 radical (unpaired) electrons. The Labute approximate surface area is 167 Å². The van der Waals surface area contributed by atoms with Crippen molar-refractivity contribution in [3.8, 4) is 11.5 Å². The molecule has 3 atom stereocenters. The third kappa shape index (κ3) is 2.87. The molecule has 0 spiro atoms. The van der Waals surface area contributed by atoms with Gasteiger partial charge in [0.1, 0.15) is 0 Å². The fourth-order valence-electron chi connectivity index (χ4n) is 3.39. The summed E-state index contributed by atoms with van der Waals surface area (Å²) in [4.78, 5) is 11.8. The quantitative estimate of drug-likeness (QED) is 0.672. The summed E-state index contributed by atoms with van der Waals surface area (Å²) < 4.78 is 5.69. The number of allylic oxidation sites excluding steroid dienone is 1. The van der Waals surface area contributed by atoms with Gasteiger partial charge in [-0.1, -0.05) is 26.0 Å². The number of phenols is 1. The molecule has 1 heterocycles. The van der Waals surface area contributed by atoms with Gasteiger partial charge in [0.25, 0.3) is 0 Å². The average molecular weight is 314 g/mol. The number of aromatic hydroxyl groups is 1. The van der Waals surface area contributed by atoms with E-state index in [2.05, 4.69) is 0 Å². The Kier molecular flexibility index (Phi) is 6.65. The minimum absolute atomic E-state index is 0. The molecule has 1 aliphatic heterocycles. The summed E-state index contributed by atoms with van der Waals surface area (Å²) in [6.45, 7) is 4.00. The van der Waals surface area contributed by atoms with Crippen LogP contribution in [0.1, 0.15) is 37.3 Å². The summed E-state index contributed by atoms with van der Waals surface area (Å²) in [7, 11) is 0. The Morgan fingerprint density at radius 2 is 2.00 bits per heavy atom. The van der Waals surface area contributed by atoms with Gasteiger partial charge in [0.15, 0.2) is 23.4 Å². The van der Waals surface area contributed by atoms with Crippen LogP contribution in [0.2, 0.25) is 0 Å². The Morgan fingerprint density at radius 1 is 1.29 bits per heavy atom. The van der Waals surface area contributed by atoms with Crippen LogP contribution < -0.4 is 56.1 Å². The standard InChI is InChI=1S/C14H12O3.C2H6.K.H2O/c15-9-5-3-7-1-2-8-4-6-10(16)14-12(8)11(7)13(9)17-14;1-2;;/h3-7,11,13,16H,1-2H2;1-2H3;;1H2/q;;+1;/p-1. The molecule has 0 saturated heterocycles. The first-order chi connectivity index (χ1) is 9.25. The zero-order valence-electron chi connectivity index (χ0n) is 12.7. The van der Waals surface area contributed by atoms with E-state index >= 15 is 0 Å². The molecular weight excluding hydrogens is 295 g/mol. The van der Waals surface area contributed by atoms with Gasteiger partial charge in [-0.15, -0.1) is 0 Å². The Morgan fingerprint density at radius 3 is 2.71 bits per heavy atom. The number of aryl methyl sites for hydroxylation is 1. The topological polar surface area (TPSA) is 76.5 Å². The summed E-state index contributed by atoms with van der Waals surface area (Å²) in [5.41, 5.74) is 2.30. The Hall–Kier alpha value is -0.174. The first-order valence-electron chi connectivity index (χ1n) is 6.99. The molecule has 0 amide bonds. The number of hydrogen-bond donors (Lipinski definition) is 1. The van der Waals surface area contributed by atoms with Gasteiger partial charge in [0, 0.05) is 11.5 Å². The van der Waals surface area contributed by atoms with Crippen molar-refractivity contribution in [2.75, 3.05) is 0 Å². The van der Waals surface area contributed by atoms with Gasteiger partial charge in [0.2, 0.25) is 0 Å². The molecule has 3 aliphatic rings. The van der Waals surface area contributed by atoms with Crippen LogP contribution in [-0.4, -0.2) is 22.5 Å². The van der Waals surface area contributed by atoms with Gasteiger partial charge in [-0.3, -0.25) is 4.79 Å². The number of ketones is 1. The summed E-state index contributed by atoms with van der Waals surface area (Å²) in [6, 6.07) is 3.63. The number of carbonyl (C=O) groups excluding carboxylic acids is 1. The van der Waals surface area contributed by atoms with Crippen LogP contribution >= 0.6 is 0 Å². The average Bonchev–Trinajstić information content (AvgIpc) is 2.86. The van der Waals surface area contributed by atoms with Crippen molar-refractivity contribution >= 4 is 5.78 Å². The maximum absolute atomic E-state index is 11.8.